The van der Waals surface area contributed by atoms with Gasteiger partial charge in [-0.3, -0.25) is 9.59 Å². The van der Waals surface area contributed by atoms with Gasteiger partial charge in [0.25, 0.3) is 0 Å². The molecule has 25 heavy (non-hydrogen) atoms. The largest absolute Gasteiger partial charge is 0.380 e. The fourth-order valence-electron chi connectivity index (χ4n) is 2.49. The number of rotatable bonds is 17. The van der Waals surface area contributed by atoms with E-state index in [-0.39, 0.29) is 11.8 Å². The summed E-state index contributed by atoms with van der Waals surface area (Å²) < 4.78 is 5.47. The molecule has 0 radical (unpaired) electrons. The Bertz CT molecular complexity index is 333. The van der Waals surface area contributed by atoms with Crippen LogP contribution in [0, 0.1) is 5.92 Å². The van der Waals surface area contributed by atoms with Gasteiger partial charge in [-0.2, -0.15) is 0 Å². The van der Waals surface area contributed by atoms with E-state index >= 15 is 0 Å². The van der Waals surface area contributed by atoms with Crippen molar-refractivity contribution in [1.29, 1.82) is 0 Å². The zero-order chi connectivity index (χ0) is 18.8. The zero-order valence-electron chi connectivity index (χ0n) is 16.7. The Hall–Kier alpha value is -1.10. The molecule has 0 heterocycles. The third-order valence-electron chi connectivity index (χ3n) is 4.05. The smallest absolute Gasteiger partial charge is 0.220 e. The predicted molar refractivity (Wildman–Crippen MR) is 104 cm³/mol. The van der Waals surface area contributed by atoms with Gasteiger partial charge in [0.05, 0.1) is 6.61 Å². The molecule has 0 fully saturated rings. The van der Waals surface area contributed by atoms with Gasteiger partial charge in [-0.1, -0.05) is 52.9 Å². The summed E-state index contributed by atoms with van der Waals surface area (Å²) in [6.45, 7) is 9.24. The van der Waals surface area contributed by atoms with Crippen molar-refractivity contribution < 1.29 is 14.3 Å². The average molecular weight is 357 g/mol. The number of amides is 2. The number of nitrogens with one attached hydrogen (secondary N) is 2. The van der Waals surface area contributed by atoms with Crippen LogP contribution in [0.3, 0.4) is 0 Å². The maximum Gasteiger partial charge on any atom is 0.220 e. The van der Waals surface area contributed by atoms with Crippen molar-refractivity contribution >= 4 is 11.8 Å². The van der Waals surface area contributed by atoms with E-state index in [1.165, 1.54) is 25.7 Å². The first-order valence-electron chi connectivity index (χ1n) is 10.2. The van der Waals surface area contributed by atoms with Gasteiger partial charge in [-0.05, 0) is 25.2 Å². The van der Waals surface area contributed by atoms with E-state index in [1.807, 2.05) is 0 Å². The van der Waals surface area contributed by atoms with Crippen molar-refractivity contribution in [2.75, 3.05) is 26.3 Å². The van der Waals surface area contributed by atoms with Crippen LogP contribution in [-0.2, 0) is 14.3 Å². The van der Waals surface area contributed by atoms with Gasteiger partial charge in [0.2, 0.25) is 11.8 Å². The summed E-state index contributed by atoms with van der Waals surface area (Å²) >= 11 is 0. The number of hydrogen-bond acceptors (Lipinski definition) is 3. The Labute approximate surface area is 154 Å². The van der Waals surface area contributed by atoms with Crippen molar-refractivity contribution in [3.05, 3.63) is 0 Å². The highest BCUT2D eigenvalue weighted by Gasteiger charge is 2.05. The quantitative estimate of drug-likeness (QED) is 0.389. The number of ether oxygens (including phenoxy) is 1. The molecular formula is C20H40N2O3. The summed E-state index contributed by atoms with van der Waals surface area (Å²) in [5.41, 5.74) is 0. The standard InChI is InChI=1S/C20H40N2O3/c1-4-5-6-9-16-25-17-15-22-20(24)13-10-12-19(23)21-14-8-7-11-18(2)3/h18H,4-17H2,1-3H3,(H,21,23)(H,22,24). The van der Waals surface area contributed by atoms with Crippen LogP contribution in [0.1, 0.15) is 85.0 Å². The maximum absolute atomic E-state index is 11.7. The Morgan fingerprint density at radius 3 is 2.12 bits per heavy atom. The first-order chi connectivity index (χ1) is 12.1. The van der Waals surface area contributed by atoms with E-state index in [0.717, 1.165) is 38.3 Å². The van der Waals surface area contributed by atoms with Gasteiger partial charge in [0.1, 0.15) is 0 Å². The monoisotopic (exact) mass is 356 g/mol. The van der Waals surface area contributed by atoms with Crippen molar-refractivity contribution in [3.63, 3.8) is 0 Å². The van der Waals surface area contributed by atoms with E-state index in [0.29, 0.717) is 32.4 Å². The molecule has 148 valence electrons. The Balaban J connectivity index is 3.35. The second kappa shape index (κ2) is 17.7. The molecular weight excluding hydrogens is 316 g/mol. The van der Waals surface area contributed by atoms with Crippen LogP contribution in [0.4, 0.5) is 0 Å². The van der Waals surface area contributed by atoms with Gasteiger partial charge in [-0.15, -0.1) is 0 Å². The molecule has 0 aliphatic heterocycles. The van der Waals surface area contributed by atoms with Crippen LogP contribution in [0.15, 0.2) is 0 Å². The molecule has 5 nitrogen and oxygen atoms in total. The Morgan fingerprint density at radius 1 is 0.800 bits per heavy atom. The average Bonchev–Trinajstić information content (AvgIpc) is 2.56. The summed E-state index contributed by atoms with van der Waals surface area (Å²) in [5.74, 6) is 0.771. The SMILES string of the molecule is CCCCCCOCCNC(=O)CCCC(=O)NCCCCC(C)C. The molecule has 0 saturated heterocycles. The van der Waals surface area contributed by atoms with Crippen molar-refractivity contribution in [1.82, 2.24) is 10.6 Å². The summed E-state index contributed by atoms with van der Waals surface area (Å²) in [6, 6.07) is 0. The van der Waals surface area contributed by atoms with E-state index in [9.17, 15) is 9.59 Å². The number of carbonyl (C=O) groups excluding carboxylic acids is 2. The summed E-state index contributed by atoms with van der Waals surface area (Å²) in [6.07, 6.45) is 9.60. The summed E-state index contributed by atoms with van der Waals surface area (Å²) in [7, 11) is 0. The van der Waals surface area contributed by atoms with E-state index < -0.39 is 0 Å². The lowest BCUT2D eigenvalue weighted by molar-refractivity contribution is -0.122. The highest BCUT2D eigenvalue weighted by Crippen LogP contribution is 2.05. The molecule has 2 amide bonds. The molecule has 0 aromatic heterocycles. The summed E-state index contributed by atoms with van der Waals surface area (Å²) in [5, 5.41) is 5.75. The third-order valence-corrected chi connectivity index (χ3v) is 4.05. The van der Waals surface area contributed by atoms with Crippen molar-refractivity contribution in [2.24, 2.45) is 5.92 Å². The second-order valence-corrected chi connectivity index (χ2v) is 7.12. The lowest BCUT2D eigenvalue weighted by atomic mass is 10.1. The summed E-state index contributed by atoms with van der Waals surface area (Å²) in [4.78, 5) is 23.3. The van der Waals surface area contributed by atoms with Gasteiger partial charge in [0, 0.05) is 32.5 Å². The fourth-order valence-corrected chi connectivity index (χ4v) is 2.49. The maximum atomic E-state index is 11.7. The second-order valence-electron chi connectivity index (χ2n) is 7.12. The lowest BCUT2D eigenvalue weighted by Gasteiger charge is -2.08. The predicted octanol–water partition coefficient (Wildman–Crippen LogP) is 3.81. The van der Waals surface area contributed by atoms with Crippen LogP contribution in [-0.4, -0.2) is 38.1 Å². The molecule has 0 atom stereocenters. The molecule has 5 heteroatoms. The normalized spacial score (nSPS) is 10.9. The minimum Gasteiger partial charge on any atom is -0.380 e. The van der Waals surface area contributed by atoms with Crippen LogP contribution in [0.2, 0.25) is 0 Å². The Kier molecular flexibility index (Phi) is 16.9. The van der Waals surface area contributed by atoms with E-state index in [4.69, 9.17) is 4.74 Å². The van der Waals surface area contributed by atoms with Crippen LogP contribution in [0.5, 0.6) is 0 Å². The highest BCUT2D eigenvalue weighted by molar-refractivity contribution is 5.78. The number of unbranched alkanes of at least 4 members (excludes halogenated alkanes) is 4. The number of carbonyl (C=O) groups is 2. The van der Waals surface area contributed by atoms with Gasteiger partial charge < -0.3 is 15.4 Å². The van der Waals surface area contributed by atoms with Crippen LogP contribution >= 0.6 is 0 Å². The zero-order valence-corrected chi connectivity index (χ0v) is 16.7. The number of hydrogen-bond donors (Lipinski definition) is 2. The van der Waals surface area contributed by atoms with Gasteiger partial charge in [-0.25, -0.2) is 0 Å². The third kappa shape index (κ3) is 19.1. The first kappa shape index (κ1) is 23.9. The molecule has 0 aliphatic rings. The molecule has 0 aromatic rings. The molecule has 0 bridgehead atoms. The fraction of sp³-hybridized carbons (Fsp3) is 0.900. The van der Waals surface area contributed by atoms with Crippen molar-refractivity contribution in [3.8, 4) is 0 Å². The van der Waals surface area contributed by atoms with E-state index in [2.05, 4.69) is 31.4 Å². The highest BCUT2D eigenvalue weighted by atomic mass is 16.5. The topological polar surface area (TPSA) is 67.4 Å². The molecule has 2 N–H and O–H groups in total. The van der Waals surface area contributed by atoms with Crippen molar-refractivity contribution in [2.45, 2.75) is 85.0 Å². The van der Waals surface area contributed by atoms with Gasteiger partial charge in [0.15, 0.2) is 0 Å². The van der Waals surface area contributed by atoms with Crippen LogP contribution in [0.25, 0.3) is 0 Å². The van der Waals surface area contributed by atoms with E-state index in [1.54, 1.807) is 0 Å². The molecule has 0 unspecified atom stereocenters. The minimum atomic E-state index is -0.000633. The molecule has 0 saturated carbocycles. The molecule has 0 rings (SSSR count). The molecule has 0 aromatic carbocycles. The van der Waals surface area contributed by atoms with Gasteiger partial charge >= 0.3 is 0 Å². The lowest BCUT2D eigenvalue weighted by Crippen LogP contribution is -2.28. The molecule has 0 spiro atoms. The minimum absolute atomic E-state index is 0.000633. The first-order valence-corrected chi connectivity index (χ1v) is 10.2. The molecule has 0 aliphatic carbocycles. The van der Waals surface area contributed by atoms with Crippen LogP contribution < -0.4 is 10.6 Å². The Morgan fingerprint density at radius 2 is 1.48 bits per heavy atom.